The number of ketones is 1. The smallest absolute Gasteiger partial charge is 0.247 e. The molecule has 3 aromatic carbocycles. The molecular weight excluding hydrogens is 650 g/mol. The van der Waals surface area contributed by atoms with E-state index < -0.39 is 12.1 Å². The number of amides is 3. The molecule has 2 saturated heterocycles. The Kier molecular flexibility index (Phi) is 9.76. The number of likely N-dealkylation sites (tertiary alicyclic amines) is 2. The first kappa shape index (κ1) is 33.2. The summed E-state index contributed by atoms with van der Waals surface area (Å²) in [4.78, 5) is 64.0. The maximum Gasteiger partial charge on any atom is 0.247 e. The number of aromatic amines is 1. The Hall–Kier alpha value is -5.28. The maximum absolute atomic E-state index is 13.4. The molecule has 0 aliphatic carbocycles. The number of halogens is 1. The number of benzene rings is 3. The first-order valence-corrected chi connectivity index (χ1v) is 17.5. The van der Waals surface area contributed by atoms with Crippen LogP contribution >= 0.6 is 11.6 Å². The van der Waals surface area contributed by atoms with E-state index in [4.69, 9.17) is 11.6 Å². The van der Waals surface area contributed by atoms with Gasteiger partial charge in [0.1, 0.15) is 11.7 Å². The zero-order chi connectivity index (χ0) is 34.6. The summed E-state index contributed by atoms with van der Waals surface area (Å²) in [6.07, 6.45) is 5.26. The van der Waals surface area contributed by atoms with Crippen LogP contribution < -0.4 is 5.32 Å². The van der Waals surface area contributed by atoms with Gasteiger partial charge in [-0.15, -0.1) is 0 Å². The van der Waals surface area contributed by atoms with Crippen molar-refractivity contribution in [2.45, 2.75) is 57.0 Å². The van der Waals surface area contributed by atoms with Gasteiger partial charge in [-0.25, -0.2) is 4.98 Å². The summed E-state index contributed by atoms with van der Waals surface area (Å²) in [5.41, 5.74) is 5.30. The number of nitrogens with one attached hydrogen (secondary N) is 2. The molecule has 0 radical (unpaired) electrons. The normalized spacial score (nSPS) is 17.3. The van der Waals surface area contributed by atoms with E-state index in [1.807, 2.05) is 91.0 Å². The quantitative estimate of drug-likeness (QED) is 0.176. The zero-order valence-corrected chi connectivity index (χ0v) is 28.4. The molecule has 0 unspecified atom stereocenters. The minimum absolute atomic E-state index is 0.00383. The molecule has 10 heteroatoms. The van der Waals surface area contributed by atoms with Crippen LogP contribution in [0.2, 0.25) is 5.02 Å². The third kappa shape index (κ3) is 7.19. The molecular formula is C40H38ClN5O4. The van der Waals surface area contributed by atoms with Crippen molar-refractivity contribution in [3.05, 3.63) is 119 Å². The summed E-state index contributed by atoms with van der Waals surface area (Å²) >= 11 is 6.87. The zero-order valence-electron chi connectivity index (χ0n) is 27.6. The lowest BCUT2D eigenvalue weighted by Gasteiger charge is -2.24. The number of Topliss-reactive ketones (excluding diaryl/α,β-unsaturated/α-hetero) is 1. The molecule has 7 rings (SSSR count). The molecule has 2 fully saturated rings. The highest BCUT2D eigenvalue weighted by atomic mass is 35.5. The van der Waals surface area contributed by atoms with Crippen molar-refractivity contribution in [1.82, 2.24) is 19.8 Å². The van der Waals surface area contributed by atoms with E-state index in [2.05, 4.69) is 15.3 Å². The summed E-state index contributed by atoms with van der Waals surface area (Å²) in [6, 6.07) is 27.4. The highest BCUT2D eigenvalue weighted by Gasteiger charge is 2.35. The van der Waals surface area contributed by atoms with Gasteiger partial charge in [-0.1, -0.05) is 84.4 Å². The number of aromatic nitrogens is 2. The molecule has 254 valence electrons. The number of rotatable bonds is 10. The van der Waals surface area contributed by atoms with Gasteiger partial charge in [0.05, 0.1) is 29.6 Å². The summed E-state index contributed by atoms with van der Waals surface area (Å²) in [6.45, 7) is 1.15. The van der Waals surface area contributed by atoms with Gasteiger partial charge in [-0.2, -0.15) is 0 Å². The number of fused-ring (bicyclic) bond motifs is 1. The average Bonchev–Trinajstić information content (AvgIpc) is 3.89. The van der Waals surface area contributed by atoms with Crippen molar-refractivity contribution in [3.63, 3.8) is 0 Å². The Bertz CT molecular complexity index is 2030. The summed E-state index contributed by atoms with van der Waals surface area (Å²) in [5.74, 6) is -0.282. The molecule has 0 saturated carbocycles. The second kappa shape index (κ2) is 14.7. The molecule has 2 N–H and O–H groups in total. The highest BCUT2D eigenvalue weighted by molar-refractivity contribution is 6.38. The molecule has 2 aliphatic rings. The first-order chi connectivity index (χ1) is 24.3. The summed E-state index contributed by atoms with van der Waals surface area (Å²) in [7, 11) is 0. The van der Waals surface area contributed by atoms with Crippen LogP contribution in [0.1, 0.15) is 42.4 Å². The Balaban J connectivity index is 0.991. The monoisotopic (exact) mass is 687 g/mol. The van der Waals surface area contributed by atoms with Crippen molar-refractivity contribution in [3.8, 4) is 11.3 Å². The third-order valence-electron chi connectivity index (χ3n) is 9.68. The van der Waals surface area contributed by atoms with Crippen LogP contribution in [0.15, 0.2) is 97.2 Å². The van der Waals surface area contributed by atoms with Gasteiger partial charge in [0, 0.05) is 36.8 Å². The fourth-order valence-corrected chi connectivity index (χ4v) is 7.43. The lowest BCUT2D eigenvalue weighted by molar-refractivity contribution is -0.136. The van der Waals surface area contributed by atoms with E-state index in [1.165, 1.54) is 0 Å². The third-order valence-corrected chi connectivity index (χ3v) is 10.1. The molecule has 2 aromatic heterocycles. The topological polar surface area (TPSA) is 115 Å². The molecule has 50 heavy (non-hydrogen) atoms. The number of pyridine rings is 1. The Morgan fingerprint density at radius 3 is 1.94 bits per heavy atom. The molecule has 3 amide bonds. The molecule has 2 atom stereocenters. The molecule has 5 aromatic rings. The minimum atomic E-state index is -0.507. The lowest BCUT2D eigenvalue weighted by Crippen LogP contribution is -2.43. The number of hydrogen-bond acceptors (Lipinski definition) is 5. The fourth-order valence-electron chi connectivity index (χ4n) is 7.13. The number of H-pyrrole nitrogens is 1. The predicted molar refractivity (Wildman–Crippen MR) is 194 cm³/mol. The Morgan fingerprint density at radius 2 is 1.32 bits per heavy atom. The predicted octanol–water partition coefficient (Wildman–Crippen LogP) is 6.40. The lowest BCUT2D eigenvalue weighted by atomic mass is 10.0. The number of carbonyl (C=O) groups is 4. The SMILES string of the molecule is O=C(Cc1cnc2[nH]c(-c3ccc(NC(=O)[C@@H]4CCCN4C(=O)Cc4ccccc4)cc3)c(Cl)c2c1)[C@@H]1CCCN1C(=O)Cc1ccccc1. The molecule has 4 heterocycles. The van der Waals surface area contributed by atoms with Gasteiger partial charge in [0.15, 0.2) is 5.78 Å². The number of hydrogen-bond donors (Lipinski definition) is 2. The highest BCUT2D eigenvalue weighted by Crippen LogP contribution is 2.35. The van der Waals surface area contributed by atoms with E-state index in [0.717, 1.165) is 35.1 Å². The van der Waals surface area contributed by atoms with Crippen molar-refractivity contribution in [2.75, 3.05) is 18.4 Å². The fraction of sp³-hybridized carbons (Fsp3) is 0.275. The largest absolute Gasteiger partial charge is 0.338 e. The number of anilines is 1. The molecule has 2 aliphatic heterocycles. The van der Waals surface area contributed by atoms with E-state index in [-0.39, 0.29) is 42.8 Å². The van der Waals surface area contributed by atoms with Gasteiger partial charge in [-0.3, -0.25) is 19.2 Å². The van der Waals surface area contributed by atoms with Gasteiger partial charge < -0.3 is 20.1 Å². The molecule has 9 nitrogen and oxygen atoms in total. The van der Waals surface area contributed by atoms with Crippen molar-refractivity contribution in [2.24, 2.45) is 0 Å². The second-order valence-corrected chi connectivity index (χ2v) is 13.5. The minimum Gasteiger partial charge on any atom is -0.338 e. The Labute approximate surface area is 295 Å². The van der Waals surface area contributed by atoms with E-state index in [0.29, 0.717) is 53.4 Å². The van der Waals surface area contributed by atoms with Crippen molar-refractivity contribution < 1.29 is 19.2 Å². The number of nitrogens with zero attached hydrogens (tertiary/aromatic N) is 3. The van der Waals surface area contributed by atoms with Gasteiger partial charge >= 0.3 is 0 Å². The molecule has 0 spiro atoms. The standard InChI is InChI=1S/C40H38ClN5O4/c41-37-31-21-28(22-34(47)32-13-7-19-45(32)35(48)23-26-9-3-1-4-10-26)25-42-39(31)44-38(37)29-15-17-30(18-16-29)43-40(50)33-14-8-20-46(33)36(49)24-27-11-5-2-6-12-27/h1-6,9-12,15-18,21,25,32-33H,7-8,13-14,19-20,22-24H2,(H,42,44)(H,43,50)/t32-,33-/m0/s1. The van der Waals surface area contributed by atoms with Crippen LogP contribution in [0.25, 0.3) is 22.3 Å². The van der Waals surface area contributed by atoms with Crippen molar-refractivity contribution in [1.29, 1.82) is 0 Å². The average molecular weight is 688 g/mol. The van der Waals surface area contributed by atoms with Crippen LogP contribution in [-0.4, -0.2) is 68.4 Å². The van der Waals surface area contributed by atoms with Crippen LogP contribution in [0, 0.1) is 0 Å². The van der Waals surface area contributed by atoms with E-state index >= 15 is 0 Å². The van der Waals surface area contributed by atoms with Gasteiger partial charge in [0.2, 0.25) is 17.7 Å². The van der Waals surface area contributed by atoms with Crippen molar-refractivity contribution >= 4 is 51.8 Å². The van der Waals surface area contributed by atoms with Crippen LogP contribution in [-0.2, 0) is 38.4 Å². The number of carbonyl (C=O) groups excluding carboxylic acids is 4. The summed E-state index contributed by atoms with van der Waals surface area (Å²) in [5, 5.41) is 4.17. The van der Waals surface area contributed by atoms with Crippen LogP contribution in [0.3, 0.4) is 0 Å². The Morgan fingerprint density at radius 1 is 0.740 bits per heavy atom. The van der Waals surface area contributed by atoms with Gasteiger partial charge in [-0.05, 0) is 66.1 Å². The van der Waals surface area contributed by atoms with E-state index in [9.17, 15) is 19.2 Å². The van der Waals surface area contributed by atoms with Gasteiger partial charge in [0.25, 0.3) is 0 Å². The first-order valence-electron chi connectivity index (χ1n) is 17.1. The van der Waals surface area contributed by atoms with Crippen LogP contribution in [0.5, 0.6) is 0 Å². The molecule has 0 bridgehead atoms. The second-order valence-electron chi connectivity index (χ2n) is 13.1. The summed E-state index contributed by atoms with van der Waals surface area (Å²) < 4.78 is 0. The van der Waals surface area contributed by atoms with Crippen LogP contribution in [0.4, 0.5) is 5.69 Å². The van der Waals surface area contributed by atoms with E-state index in [1.54, 1.807) is 16.0 Å². The maximum atomic E-state index is 13.4.